The number of alkyl halides is 3. The molecule has 0 unspecified atom stereocenters. The van der Waals surface area contributed by atoms with Gasteiger partial charge in [0.1, 0.15) is 15.5 Å². The first kappa shape index (κ1) is 11.6. The average molecular weight is 328 g/mol. The summed E-state index contributed by atoms with van der Waals surface area (Å²) >= 11 is 7.37. The minimum atomic E-state index is -2.73. The lowest BCUT2D eigenvalue weighted by molar-refractivity contribution is 0.145. The number of hydrogen-bond donors (Lipinski definition) is 0. The molecule has 0 aliphatic carbocycles. The van der Waals surface area contributed by atoms with Crippen LogP contribution in [0.3, 0.4) is 0 Å². The van der Waals surface area contributed by atoms with Gasteiger partial charge in [0.2, 0.25) is 0 Å². The number of nitrogens with zero attached hydrogens (tertiary/aromatic N) is 2. The van der Waals surface area contributed by atoms with Gasteiger partial charge in [-0.25, -0.2) is 13.8 Å². The average Bonchev–Trinajstić information content (AvgIpc) is 2.17. The number of rotatable bonds is 2. The lowest BCUT2D eigenvalue weighted by atomic mass is 10.1. The molecule has 1 rings (SSSR count). The summed E-state index contributed by atoms with van der Waals surface area (Å²) in [6.07, 6.45) is -2.73. The fourth-order valence-corrected chi connectivity index (χ4v) is 1.93. The van der Waals surface area contributed by atoms with E-state index in [9.17, 15) is 8.78 Å². The zero-order chi connectivity index (χ0) is 10.7. The Morgan fingerprint density at radius 2 is 2.29 bits per heavy atom. The number of halogens is 4. The molecule has 1 aromatic rings. The second-order valence-electron chi connectivity index (χ2n) is 2.42. The minimum Gasteiger partial charge on any atom is -0.239 e. The Hall–Kier alpha value is -0.480. The summed E-state index contributed by atoms with van der Waals surface area (Å²) in [6.45, 7) is 0. The molecule has 0 aliphatic heterocycles. The summed E-state index contributed by atoms with van der Waals surface area (Å²) in [6, 6.07) is 3.02. The lowest BCUT2D eigenvalue weighted by Crippen LogP contribution is -2.00. The maximum Gasteiger partial charge on any atom is 0.281 e. The Balaban J connectivity index is 3.33. The van der Waals surface area contributed by atoms with E-state index in [4.69, 9.17) is 16.9 Å². The summed E-state index contributed by atoms with van der Waals surface area (Å²) in [5, 5.41) is 8.61. The van der Waals surface area contributed by atoms with Crippen LogP contribution in [0.1, 0.15) is 23.2 Å². The highest BCUT2D eigenvalue weighted by Gasteiger charge is 2.17. The van der Waals surface area contributed by atoms with Crippen LogP contribution in [0.4, 0.5) is 8.78 Å². The molecule has 0 spiro atoms. The van der Waals surface area contributed by atoms with Gasteiger partial charge in [-0.1, -0.05) is 0 Å². The number of aromatic nitrogens is 1. The smallest absolute Gasteiger partial charge is 0.239 e. The molecule has 0 fully saturated rings. The molecule has 0 saturated carbocycles. The third kappa shape index (κ3) is 2.30. The van der Waals surface area contributed by atoms with E-state index in [2.05, 4.69) is 4.98 Å². The van der Waals surface area contributed by atoms with Gasteiger partial charge in [-0.15, -0.1) is 11.6 Å². The van der Waals surface area contributed by atoms with Gasteiger partial charge < -0.3 is 0 Å². The van der Waals surface area contributed by atoms with Gasteiger partial charge >= 0.3 is 0 Å². The van der Waals surface area contributed by atoms with E-state index in [1.165, 1.54) is 6.07 Å². The Bertz CT molecular complexity index is 390. The molecule has 0 bridgehead atoms. The van der Waals surface area contributed by atoms with E-state index in [-0.39, 0.29) is 11.4 Å². The van der Waals surface area contributed by atoms with Gasteiger partial charge in [0.15, 0.2) is 0 Å². The first-order valence-electron chi connectivity index (χ1n) is 3.53. The lowest BCUT2D eigenvalue weighted by Gasteiger charge is -2.05. The van der Waals surface area contributed by atoms with Crippen LogP contribution in [0.5, 0.6) is 0 Å². The van der Waals surface area contributed by atoms with Crippen LogP contribution < -0.4 is 0 Å². The van der Waals surface area contributed by atoms with Gasteiger partial charge in [0.25, 0.3) is 6.43 Å². The zero-order valence-electron chi connectivity index (χ0n) is 6.77. The van der Waals surface area contributed by atoms with Crippen LogP contribution in [-0.2, 0) is 5.88 Å². The second-order valence-corrected chi connectivity index (χ2v) is 3.71. The van der Waals surface area contributed by atoms with Gasteiger partial charge in [-0.3, -0.25) is 0 Å². The van der Waals surface area contributed by atoms with Gasteiger partial charge in [-0.05, 0) is 28.7 Å². The molecule has 0 radical (unpaired) electrons. The minimum absolute atomic E-state index is 0.115. The second kappa shape index (κ2) is 4.84. The third-order valence-corrected chi connectivity index (χ3v) is 2.77. The molecular weight excluding hydrogens is 324 g/mol. The van der Waals surface area contributed by atoms with Crippen LogP contribution in [0, 0.1) is 15.0 Å². The van der Waals surface area contributed by atoms with E-state index in [0.29, 0.717) is 9.26 Å². The van der Waals surface area contributed by atoms with Crippen molar-refractivity contribution in [1.29, 1.82) is 5.26 Å². The van der Waals surface area contributed by atoms with Crippen molar-refractivity contribution in [2.45, 2.75) is 12.3 Å². The monoisotopic (exact) mass is 328 g/mol. The Morgan fingerprint density at radius 3 is 2.71 bits per heavy atom. The van der Waals surface area contributed by atoms with Crippen LogP contribution in [0.25, 0.3) is 0 Å². The maximum absolute atomic E-state index is 12.4. The molecule has 74 valence electrons. The summed E-state index contributed by atoms with van der Waals surface area (Å²) in [7, 11) is 0. The van der Waals surface area contributed by atoms with E-state index in [1.807, 2.05) is 22.6 Å². The fraction of sp³-hybridized carbons (Fsp3) is 0.250. The standard InChI is InChI=1S/C8H4ClF2IN2/c9-2-4-1-5(3-13)6(7(10)11)14-8(4)12/h1,7H,2H2. The Kier molecular flexibility index (Phi) is 4.01. The summed E-state index contributed by atoms with van der Waals surface area (Å²) in [5.74, 6) is 0.156. The van der Waals surface area contributed by atoms with Crippen LogP contribution in [-0.4, -0.2) is 4.98 Å². The van der Waals surface area contributed by atoms with E-state index < -0.39 is 12.1 Å². The van der Waals surface area contributed by atoms with Crippen LogP contribution in [0.15, 0.2) is 6.07 Å². The van der Waals surface area contributed by atoms with Crippen molar-refractivity contribution in [3.8, 4) is 6.07 Å². The molecule has 6 heteroatoms. The first-order chi connectivity index (χ1) is 6.60. The third-order valence-electron chi connectivity index (χ3n) is 1.55. The predicted molar refractivity (Wildman–Crippen MR) is 56.2 cm³/mol. The largest absolute Gasteiger partial charge is 0.281 e. The molecular formula is C8H4ClF2IN2. The molecule has 0 aliphatic rings. The van der Waals surface area contributed by atoms with Crippen molar-refractivity contribution in [2.75, 3.05) is 0 Å². The Labute approximate surface area is 98.0 Å². The fourth-order valence-electron chi connectivity index (χ4n) is 0.895. The van der Waals surface area contributed by atoms with Gasteiger partial charge in [0.05, 0.1) is 11.4 Å². The van der Waals surface area contributed by atoms with Gasteiger partial charge in [-0.2, -0.15) is 5.26 Å². The molecule has 0 saturated heterocycles. The van der Waals surface area contributed by atoms with Crippen LogP contribution >= 0.6 is 34.2 Å². The molecule has 1 aromatic heterocycles. The topological polar surface area (TPSA) is 36.7 Å². The number of nitriles is 1. The van der Waals surface area contributed by atoms with E-state index >= 15 is 0 Å². The normalized spacial score (nSPS) is 10.3. The maximum atomic E-state index is 12.4. The van der Waals surface area contributed by atoms with Gasteiger partial charge in [0, 0.05) is 5.56 Å². The summed E-state index contributed by atoms with van der Waals surface area (Å²) < 4.78 is 25.2. The van der Waals surface area contributed by atoms with Crippen molar-refractivity contribution in [3.63, 3.8) is 0 Å². The SMILES string of the molecule is N#Cc1cc(CCl)c(I)nc1C(F)F. The van der Waals surface area contributed by atoms with E-state index in [1.54, 1.807) is 6.07 Å². The predicted octanol–water partition coefficient (Wildman–Crippen LogP) is 3.23. The summed E-state index contributed by atoms with van der Waals surface area (Å²) in [5.41, 5.74) is -0.00458. The highest BCUT2D eigenvalue weighted by atomic mass is 127. The van der Waals surface area contributed by atoms with Crippen molar-refractivity contribution in [1.82, 2.24) is 4.98 Å². The molecule has 0 N–H and O–H groups in total. The van der Waals surface area contributed by atoms with Crippen LogP contribution in [0.2, 0.25) is 0 Å². The zero-order valence-corrected chi connectivity index (χ0v) is 9.68. The summed E-state index contributed by atoms with van der Waals surface area (Å²) in [4.78, 5) is 3.64. The van der Waals surface area contributed by atoms with E-state index in [0.717, 1.165) is 0 Å². The number of pyridine rings is 1. The Morgan fingerprint density at radius 1 is 1.64 bits per heavy atom. The molecule has 0 atom stereocenters. The quantitative estimate of drug-likeness (QED) is 0.475. The van der Waals surface area contributed by atoms with Crippen molar-refractivity contribution >= 4 is 34.2 Å². The molecule has 0 aromatic carbocycles. The molecule has 0 amide bonds. The molecule has 1 heterocycles. The van der Waals surface area contributed by atoms with Crippen molar-refractivity contribution in [3.05, 3.63) is 26.6 Å². The van der Waals surface area contributed by atoms with Crippen molar-refractivity contribution in [2.24, 2.45) is 0 Å². The molecule has 2 nitrogen and oxygen atoms in total. The molecule has 14 heavy (non-hydrogen) atoms. The highest BCUT2D eigenvalue weighted by Crippen LogP contribution is 2.24. The highest BCUT2D eigenvalue weighted by molar-refractivity contribution is 14.1. The first-order valence-corrected chi connectivity index (χ1v) is 5.15. The number of hydrogen-bond acceptors (Lipinski definition) is 2. The van der Waals surface area contributed by atoms with Crippen molar-refractivity contribution < 1.29 is 8.78 Å².